The molecular formula is C17H21N5O3. The smallest absolute Gasteiger partial charge is 0.407 e. The molecule has 2 aromatic heterocycles. The molecule has 8 nitrogen and oxygen atoms in total. The number of anilines is 1. The van der Waals surface area contributed by atoms with Gasteiger partial charge in [0.05, 0.1) is 11.7 Å². The molecular weight excluding hydrogens is 322 g/mol. The predicted octanol–water partition coefficient (Wildman–Crippen LogP) is 1.79. The average Bonchev–Trinajstić information content (AvgIpc) is 2.61. The average molecular weight is 343 g/mol. The van der Waals surface area contributed by atoms with Crippen LogP contribution in [0.4, 0.5) is 10.7 Å². The van der Waals surface area contributed by atoms with E-state index in [0.717, 1.165) is 18.4 Å². The minimum atomic E-state index is -0.925. The quantitative estimate of drug-likeness (QED) is 0.881. The molecule has 0 aromatic carbocycles. The summed E-state index contributed by atoms with van der Waals surface area (Å²) in [5.74, 6) is 0.434. The van der Waals surface area contributed by atoms with E-state index in [2.05, 4.69) is 15.3 Å². The number of rotatable bonds is 3. The number of nitrogens with one attached hydrogen (secondary N) is 1. The first-order valence-electron chi connectivity index (χ1n) is 8.22. The Morgan fingerprint density at radius 1 is 1.36 bits per heavy atom. The molecule has 2 aromatic rings. The van der Waals surface area contributed by atoms with Crippen LogP contribution in [-0.4, -0.2) is 49.3 Å². The Kier molecular flexibility index (Phi) is 4.69. The summed E-state index contributed by atoms with van der Waals surface area (Å²) in [6.45, 7) is 2.40. The van der Waals surface area contributed by atoms with Crippen LogP contribution in [0.2, 0.25) is 0 Å². The number of aromatic nitrogens is 3. The van der Waals surface area contributed by atoms with Gasteiger partial charge in [-0.15, -0.1) is 0 Å². The molecule has 1 aliphatic heterocycles. The van der Waals surface area contributed by atoms with Crippen molar-refractivity contribution in [1.29, 1.82) is 0 Å². The number of nitrogens with zero attached hydrogens (tertiary/aromatic N) is 4. The van der Waals surface area contributed by atoms with Gasteiger partial charge >= 0.3 is 6.09 Å². The fourth-order valence-electron chi connectivity index (χ4n) is 3.11. The summed E-state index contributed by atoms with van der Waals surface area (Å²) in [7, 11) is 1.65. The maximum atomic E-state index is 12.3. The lowest BCUT2D eigenvalue weighted by atomic mass is 9.98. The van der Waals surface area contributed by atoms with Gasteiger partial charge in [-0.2, -0.15) is 0 Å². The van der Waals surface area contributed by atoms with Crippen LogP contribution in [0.5, 0.6) is 0 Å². The molecule has 132 valence electrons. The van der Waals surface area contributed by atoms with Crippen molar-refractivity contribution in [2.75, 3.05) is 11.9 Å². The molecule has 0 saturated carbocycles. The zero-order chi connectivity index (χ0) is 18.0. The predicted molar refractivity (Wildman–Crippen MR) is 93.5 cm³/mol. The van der Waals surface area contributed by atoms with Crippen molar-refractivity contribution in [3.63, 3.8) is 0 Å². The van der Waals surface area contributed by atoms with Crippen LogP contribution in [0.15, 0.2) is 35.4 Å². The van der Waals surface area contributed by atoms with Crippen LogP contribution in [0.25, 0.3) is 11.3 Å². The molecule has 2 atom stereocenters. The van der Waals surface area contributed by atoms with Crippen molar-refractivity contribution in [3.8, 4) is 11.3 Å². The summed E-state index contributed by atoms with van der Waals surface area (Å²) in [5, 5.41) is 12.6. The summed E-state index contributed by atoms with van der Waals surface area (Å²) in [4.78, 5) is 33.6. The SMILES string of the molecule is CC1[C@H](Nc2nc(-c3ccncc3)cc(=O)n2C)CCCN1C(=O)O. The van der Waals surface area contributed by atoms with Crippen molar-refractivity contribution < 1.29 is 9.90 Å². The van der Waals surface area contributed by atoms with Crippen LogP contribution in [0.3, 0.4) is 0 Å². The highest BCUT2D eigenvalue weighted by molar-refractivity contribution is 5.66. The second-order valence-corrected chi connectivity index (χ2v) is 6.21. The van der Waals surface area contributed by atoms with Gasteiger partial charge in [-0.25, -0.2) is 9.78 Å². The largest absolute Gasteiger partial charge is 0.465 e. The molecule has 0 aliphatic carbocycles. The van der Waals surface area contributed by atoms with Crippen molar-refractivity contribution in [1.82, 2.24) is 19.4 Å². The maximum absolute atomic E-state index is 12.3. The van der Waals surface area contributed by atoms with E-state index in [1.807, 2.05) is 6.92 Å². The first-order valence-corrected chi connectivity index (χ1v) is 8.22. The van der Waals surface area contributed by atoms with Crippen molar-refractivity contribution >= 4 is 12.0 Å². The van der Waals surface area contributed by atoms with Crippen LogP contribution in [-0.2, 0) is 7.05 Å². The Balaban J connectivity index is 1.91. The topological polar surface area (TPSA) is 100 Å². The molecule has 1 unspecified atom stereocenters. The number of pyridine rings is 1. The van der Waals surface area contributed by atoms with Gasteiger partial charge in [-0.1, -0.05) is 0 Å². The molecule has 1 amide bonds. The maximum Gasteiger partial charge on any atom is 0.407 e. The lowest BCUT2D eigenvalue weighted by molar-refractivity contribution is 0.107. The Morgan fingerprint density at radius 2 is 2.08 bits per heavy atom. The molecule has 1 fully saturated rings. The van der Waals surface area contributed by atoms with E-state index in [-0.39, 0.29) is 17.6 Å². The number of hydrogen-bond donors (Lipinski definition) is 2. The Hall–Kier alpha value is -2.90. The minimum absolute atomic E-state index is 0.101. The zero-order valence-corrected chi connectivity index (χ0v) is 14.2. The van der Waals surface area contributed by atoms with Gasteiger partial charge in [0, 0.05) is 43.7 Å². The van der Waals surface area contributed by atoms with Gasteiger partial charge in [0.25, 0.3) is 5.56 Å². The van der Waals surface area contributed by atoms with Gasteiger partial charge < -0.3 is 15.3 Å². The highest BCUT2D eigenvalue weighted by atomic mass is 16.4. The van der Waals surface area contributed by atoms with Gasteiger partial charge in [0.1, 0.15) is 0 Å². The van der Waals surface area contributed by atoms with Gasteiger partial charge in [0.2, 0.25) is 5.95 Å². The molecule has 25 heavy (non-hydrogen) atoms. The second kappa shape index (κ2) is 6.92. The molecule has 2 N–H and O–H groups in total. The molecule has 0 spiro atoms. The van der Waals surface area contributed by atoms with Gasteiger partial charge in [-0.3, -0.25) is 14.3 Å². The Morgan fingerprint density at radius 3 is 2.76 bits per heavy atom. The van der Waals surface area contributed by atoms with E-state index in [0.29, 0.717) is 18.2 Å². The van der Waals surface area contributed by atoms with Crippen molar-refractivity contribution in [2.24, 2.45) is 7.05 Å². The van der Waals surface area contributed by atoms with Gasteiger partial charge in [-0.05, 0) is 31.9 Å². The number of likely N-dealkylation sites (tertiary alicyclic amines) is 1. The molecule has 0 bridgehead atoms. The molecule has 8 heteroatoms. The third-order valence-electron chi connectivity index (χ3n) is 4.66. The highest BCUT2D eigenvalue weighted by Gasteiger charge is 2.31. The number of carboxylic acid groups (broad SMARTS) is 1. The highest BCUT2D eigenvalue weighted by Crippen LogP contribution is 2.22. The third kappa shape index (κ3) is 3.47. The van der Waals surface area contributed by atoms with Crippen LogP contribution >= 0.6 is 0 Å². The molecule has 3 rings (SSSR count). The van der Waals surface area contributed by atoms with Crippen LogP contribution < -0.4 is 10.9 Å². The minimum Gasteiger partial charge on any atom is -0.465 e. The van der Waals surface area contributed by atoms with E-state index in [4.69, 9.17) is 0 Å². The van der Waals surface area contributed by atoms with Gasteiger partial charge in [0.15, 0.2) is 0 Å². The van der Waals surface area contributed by atoms with E-state index in [1.54, 1.807) is 31.6 Å². The third-order valence-corrected chi connectivity index (χ3v) is 4.66. The second-order valence-electron chi connectivity index (χ2n) is 6.21. The number of carbonyl (C=O) groups is 1. The first-order chi connectivity index (χ1) is 12.0. The van der Waals surface area contributed by atoms with E-state index in [1.165, 1.54) is 15.5 Å². The fraction of sp³-hybridized carbons (Fsp3) is 0.412. The summed E-state index contributed by atoms with van der Waals surface area (Å²) in [6.07, 6.45) is 3.96. The Labute approximate surface area is 145 Å². The Bertz CT molecular complexity index is 821. The molecule has 0 radical (unpaired) electrons. The van der Waals surface area contributed by atoms with E-state index >= 15 is 0 Å². The summed E-state index contributed by atoms with van der Waals surface area (Å²) < 4.78 is 1.44. The first kappa shape index (κ1) is 16.9. The molecule has 1 aliphatic rings. The monoisotopic (exact) mass is 343 g/mol. The van der Waals surface area contributed by atoms with E-state index < -0.39 is 6.09 Å². The molecule has 1 saturated heterocycles. The number of piperidine rings is 1. The lowest BCUT2D eigenvalue weighted by Crippen LogP contribution is -2.52. The molecule has 3 heterocycles. The number of hydrogen-bond acceptors (Lipinski definition) is 5. The number of amides is 1. The van der Waals surface area contributed by atoms with Crippen LogP contribution in [0, 0.1) is 0 Å². The van der Waals surface area contributed by atoms with Crippen molar-refractivity contribution in [2.45, 2.75) is 31.8 Å². The summed E-state index contributed by atoms with van der Waals surface area (Å²) >= 11 is 0. The standard InChI is InChI=1S/C17H21N5O3/c1-11-13(4-3-9-22(11)17(24)25)19-16-20-14(10-15(23)21(16)2)12-5-7-18-8-6-12/h5-8,10-11,13H,3-4,9H2,1-2H3,(H,19,20)(H,24,25)/t11?,13-/m1/s1. The summed E-state index contributed by atoms with van der Waals surface area (Å²) in [6, 6.07) is 4.76. The summed E-state index contributed by atoms with van der Waals surface area (Å²) in [5.41, 5.74) is 1.19. The fourth-order valence-corrected chi connectivity index (χ4v) is 3.11. The van der Waals surface area contributed by atoms with Crippen LogP contribution in [0.1, 0.15) is 19.8 Å². The zero-order valence-electron chi connectivity index (χ0n) is 14.2. The van der Waals surface area contributed by atoms with E-state index in [9.17, 15) is 14.7 Å². The normalized spacial score (nSPS) is 20.3. The lowest BCUT2D eigenvalue weighted by Gasteiger charge is -2.38. The van der Waals surface area contributed by atoms with Crippen molar-refractivity contribution in [3.05, 3.63) is 40.9 Å².